The summed E-state index contributed by atoms with van der Waals surface area (Å²) < 4.78 is 34.8. The van der Waals surface area contributed by atoms with E-state index >= 15 is 0 Å². The molecule has 8 nitrogen and oxygen atoms in total. The Morgan fingerprint density at radius 2 is 1.93 bits per heavy atom. The topological polar surface area (TPSA) is 109 Å². The van der Waals surface area contributed by atoms with Gasteiger partial charge < -0.3 is 14.7 Å². The maximum absolute atomic E-state index is 13.0. The molecule has 3 aromatic rings. The number of aromatic nitrogens is 1. The Kier molecular flexibility index (Phi) is 5.39. The molecule has 10 heteroatoms. The summed E-state index contributed by atoms with van der Waals surface area (Å²) in [5.41, 5.74) is 2.25. The van der Waals surface area contributed by atoms with Crippen LogP contribution in [0.5, 0.6) is 0 Å². The van der Waals surface area contributed by atoms with E-state index in [9.17, 15) is 18.3 Å². The SMILES string of the molecule is Cc1cc(C(=O)O)cc(S(=O)(=O)Nc2ccc3nc(N4CCOCC4)sc3c2)c1C. The molecule has 0 bridgehead atoms. The molecule has 1 aliphatic heterocycles. The molecule has 4 rings (SSSR count). The predicted octanol–water partition coefficient (Wildman–Crippen LogP) is 3.25. The van der Waals surface area contributed by atoms with Crippen molar-refractivity contribution in [2.45, 2.75) is 18.7 Å². The average molecular weight is 448 g/mol. The lowest BCUT2D eigenvalue weighted by Gasteiger charge is -2.25. The summed E-state index contributed by atoms with van der Waals surface area (Å²) in [6, 6.07) is 7.84. The van der Waals surface area contributed by atoms with Crippen molar-refractivity contribution in [2.24, 2.45) is 0 Å². The van der Waals surface area contributed by atoms with Gasteiger partial charge in [-0.15, -0.1) is 0 Å². The molecular formula is C20H21N3O5S2. The van der Waals surface area contributed by atoms with E-state index in [1.807, 2.05) is 0 Å². The molecule has 2 N–H and O–H groups in total. The largest absolute Gasteiger partial charge is 0.478 e. The minimum Gasteiger partial charge on any atom is -0.478 e. The smallest absolute Gasteiger partial charge is 0.335 e. The summed E-state index contributed by atoms with van der Waals surface area (Å²) in [4.78, 5) is 18.1. The molecule has 0 amide bonds. The molecule has 1 aliphatic rings. The van der Waals surface area contributed by atoms with Gasteiger partial charge in [-0.3, -0.25) is 4.72 Å². The second kappa shape index (κ2) is 7.86. The van der Waals surface area contributed by atoms with Gasteiger partial charge in [0, 0.05) is 13.1 Å². The highest BCUT2D eigenvalue weighted by Gasteiger charge is 2.22. The summed E-state index contributed by atoms with van der Waals surface area (Å²) >= 11 is 1.50. The zero-order chi connectivity index (χ0) is 21.5. The lowest BCUT2D eigenvalue weighted by Crippen LogP contribution is -2.36. The van der Waals surface area contributed by atoms with Gasteiger partial charge >= 0.3 is 5.97 Å². The number of carboxylic acids is 1. The molecule has 1 saturated heterocycles. The first-order valence-electron chi connectivity index (χ1n) is 9.35. The Morgan fingerprint density at radius 3 is 2.63 bits per heavy atom. The molecule has 2 heterocycles. The van der Waals surface area contributed by atoms with Gasteiger partial charge in [0.05, 0.1) is 39.6 Å². The van der Waals surface area contributed by atoms with Crippen LogP contribution in [-0.2, 0) is 14.8 Å². The number of fused-ring (bicyclic) bond motifs is 1. The number of carbonyl (C=O) groups is 1. The summed E-state index contributed by atoms with van der Waals surface area (Å²) in [6.45, 7) is 6.23. The number of carboxylic acid groups (broad SMARTS) is 1. The number of benzene rings is 2. The molecule has 30 heavy (non-hydrogen) atoms. The zero-order valence-corrected chi connectivity index (χ0v) is 18.1. The summed E-state index contributed by atoms with van der Waals surface area (Å²) in [7, 11) is -3.96. The minimum absolute atomic E-state index is 0.0432. The Hall–Kier alpha value is -2.69. The number of thiazole rings is 1. The van der Waals surface area contributed by atoms with E-state index < -0.39 is 16.0 Å². The van der Waals surface area contributed by atoms with Crippen LogP contribution in [0.2, 0.25) is 0 Å². The lowest BCUT2D eigenvalue weighted by atomic mass is 10.1. The van der Waals surface area contributed by atoms with Crippen molar-refractivity contribution < 1.29 is 23.1 Å². The maximum Gasteiger partial charge on any atom is 0.335 e. The van der Waals surface area contributed by atoms with Gasteiger partial charge in [-0.1, -0.05) is 11.3 Å². The number of rotatable bonds is 5. The van der Waals surface area contributed by atoms with E-state index in [0.717, 1.165) is 28.4 Å². The quantitative estimate of drug-likeness (QED) is 0.618. The van der Waals surface area contributed by atoms with Gasteiger partial charge in [-0.25, -0.2) is 18.2 Å². The van der Waals surface area contributed by atoms with E-state index in [-0.39, 0.29) is 10.5 Å². The van der Waals surface area contributed by atoms with Crippen LogP contribution in [0, 0.1) is 13.8 Å². The van der Waals surface area contributed by atoms with Crippen LogP contribution in [0.15, 0.2) is 35.2 Å². The lowest BCUT2D eigenvalue weighted by molar-refractivity contribution is 0.0696. The number of hydrogen-bond donors (Lipinski definition) is 2. The van der Waals surface area contributed by atoms with Crippen molar-refractivity contribution in [1.82, 2.24) is 4.98 Å². The van der Waals surface area contributed by atoms with Crippen LogP contribution < -0.4 is 9.62 Å². The van der Waals surface area contributed by atoms with Crippen LogP contribution in [-0.4, -0.2) is 50.8 Å². The van der Waals surface area contributed by atoms with E-state index in [1.54, 1.807) is 32.0 Å². The van der Waals surface area contributed by atoms with Crippen LogP contribution >= 0.6 is 11.3 Å². The van der Waals surface area contributed by atoms with Crippen molar-refractivity contribution in [3.8, 4) is 0 Å². The number of morpholine rings is 1. The van der Waals surface area contributed by atoms with E-state index in [4.69, 9.17) is 4.74 Å². The molecular weight excluding hydrogens is 426 g/mol. The summed E-state index contributed by atoms with van der Waals surface area (Å²) in [6.07, 6.45) is 0. The predicted molar refractivity (Wildman–Crippen MR) is 116 cm³/mol. The Balaban J connectivity index is 1.65. The molecule has 0 saturated carbocycles. The number of hydrogen-bond acceptors (Lipinski definition) is 7. The molecule has 1 aromatic heterocycles. The number of nitrogens with one attached hydrogen (secondary N) is 1. The molecule has 0 unspecified atom stereocenters. The van der Waals surface area contributed by atoms with E-state index in [0.29, 0.717) is 30.0 Å². The van der Waals surface area contributed by atoms with Crippen LogP contribution in [0.25, 0.3) is 10.2 Å². The number of aromatic carboxylic acids is 1. The van der Waals surface area contributed by atoms with Crippen LogP contribution in [0.4, 0.5) is 10.8 Å². The highest BCUT2D eigenvalue weighted by Crippen LogP contribution is 2.32. The van der Waals surface area contributed by atoms with Gasteiger partial charge in [-0.05, 0) is 55.3 Å². The van der Waals surface area contributed by atoms with Crippen molar-refractivity contribution in [1.29, 1.82) is 0 Å². The van der Waals surface area contributed by atoms with E-state index in [2.05, 4.69) is 14.6 Å². The number of sulfonamides is 1. The van der Waals surface area contributed by atoms with Crippen LogP contribution in [0.1, 0.15) is 21.5 Å². The third kappa shape index (κ3) is 3.98. The van der Waals surface area contributed by atoms with Gasteiger partial charge in [0.1, 0.15) is 0 Å². The number of ether oxygens (including phenoxy) is 1. The maximum atomic E-state index is 13.0. The number of aryl methyl sites for hydroxylation is 1. The third-order valence-electron chi connectivity index (χ3n) is 5.07. The molecule has 0 aliphatic carbocycles. The summed E-state index contributed by atoms with van der Waals surface area (Å²) in [5.74, 6) is -1.17. The second-order valence-electron chi connectivity index (χ2n) is 7.11. The standard InChI is InChI=1S/C20H21N3O5S2/c1-12-9-14(19(24)25)10-18(13(12)2)30(26,27)22-15-3-4-16-17(11-15)29-20(21-16)23-5-7-28-8-6-23/h3-4,9-11,22H,5-8H2,1-2H3,(H,24,25). The number of anilines is 2. The van der Waals surface area contributed by atoms with Gasteiger partial charge in [0.15, 0.2) is 5.13 Å². The molecule has 2 aromatic carbocycles. The Morgan fingerprint density at radius 1 is 1.20 bits per heavy atom. The summed E-state index contributed by atoms with van der Waals surface area (Å²) in [5, 5.41) is 10.2. The molecule has 0 atom stereocenters. The minimum atomic E-state index is -3.96. The number of nitrogens with zero attached hydrogens (tertiary/aromatic N) is 2. The monoisotopic (exact) mass is 447 g/mol. The normalized spacial score (nSPS) is 14.8. The Bertz CT molecular complexity index is 1230. The van der Waals surface area contributed by atoms with Crippen molar-refractivity contribution in [2.75, 3.05) is 35.9 Å². The molecule has 0 radical (unpaired) electrons. The Labute approximate surface area is 178 Å². The fourth-order valence-electron chi connectivity index (χ4n) is 3.31. The first-order valence-corrected chi connectivity index (χ1v) is 11.7. The van der Waals surface area contributed by atoms with Crippen LogP contribution in [0.3, 0.4) is 0 Å². The fourth-order valence-corrected chi connectivity index (χ4v) is 5.76. The van der Waals surface area contributed by atoms with Crippen molar-refractivity contribution in [3.05, 3.63) is 47.0 Å². The first-order chi connectivity index (χ1) is 14.2. The van der Waals surface area contributed by atoms with Gasteiger partial charge in [0.2, 0.25) is 0 Å². The van der Waals surface area contributed by atoms with Gasteiger partial charge in [-0.2, -0.15) is 0 Å². The highest BCUT2D eigenvalue weighted by molar-refractivity contribution is 7.92. The average Bonchev–Trinajstić information content (AvgIpc) is 3.13. The van der Waals surface area contributed by atoms with E-state index in [1.165, 1.54) is 23.5 Å². The molecule has 1 fully saturated rings. The fraction of sp³-hybridized carbons (Fsp3) is 0.300. The zero-order valence-electron chi connectivity index (χ0n) is 16.5. The molecule has 0 spiro atoms. The first kappa shape index (κ1) is 20.6. The van der Waals surface area contributed by atoms with Gasteiger partial charge in [0.25, 0.3) is 10.0 Å². The molecule has 158 valence electrons. The van der Waals surface area contributed by atoms with Crippen molar-refractivity contribution >= 4 is 48.4 Å². The second-order valence-corrected chi connectivity index (χ2v) is 9.77. The van der Waals surface area contributed by atoms with Crippen molar-refractivity contribution in [3.63, 3.8) is 0 Å². The third-order valence-corrected chi connectivity index (χ3v) is 7.65. The highest BCUT2D eigenvalue weighted by atomic mass is 32.2.